The molecule has 0 radical (unpaired) electrons. The Bertz CT molecular complexity index is 702. The van der Waals surface area contributed by atoms with Crippen molar-refractivity contribution < 1.29 is 34.2 Å². The summed E-state index contributed by atoms with van der Waals surface area (Å²) in [6.07, 6.45) is -0.174. The van der Waals surface area contributed by atoms with Gasteiger partial charge in [0.15, 0.2) is 0 Å². The lowest BCUT2D eigenvalue weighted by Crippen LogP contribution is -2.61. The average Bonchev–Trinajstić information content (AvgIpc) is 2.72. The number of aliphatic hydroxyl groups is 2. The lowest BCUT2D eigenvalue weighted by molar-refractivity contribution is -0.145. The molecule has 5 atom stereocenters. The lowest BCUT2D eigenvalue weighted by Gasteiger charge is -2.32. The van der Waals surface area contributed by atoms with E-state index in [2.05, 4.69) is 16.0 Å². The molecule has 9 N–H and O–H groups in total. The van der Waals surface area contributed by atoms with E-state index in [0.717, 1.165) is 4.90 Å². The van der Waals surface area contributed by atoms with Gasteiger partial charge in [0, 0.05) is 20.0 Å². The van der Waals surface area contributed by atoms with Crippen LogP contribution in [-0.2, 0) is 24.0 Å². The minimum absolute atomic E-state index is 0.0150. The second-order valence-electron chi connectivity index (χ2n) is 7.83. The normalized spacial score (nSPS) is 28.6. The van der Waals surface area contributed by atoms with Gasteiger partial charge in [-0.1, -0.05) is 0 Å². The summed E-state index contributed by atoms with van der Waals surface area (Å²) >= 11 is 0. The molecule has 0 aromatic rings. The van der Waals surface area contributed by atoms with Crippen LogP contribution in [0.1, 0.15) is 39.0 Å². The van der Waals surface area contributed by atoms with Crippen LogP contribution < -0.4 is 27.4 Å². The number of hydrogen-bond acceptors (Lipinski definition) is 8. The summed E-state index contributed by atoms with van der Waals surface area (Å²) in [4.78, 5) is 62.5. The highest BCUT2D eigenvalue weighted by atomic mass is 16.3. The van der Waals surface area contributed by atoms with Crippen molar-refractivity contribution in [1.29, 1.82) is 0 Å². The Hall–Kier alpha value is -2.77. The van der Waals surface area contributed by atoms with E-state index in [4.69, 9.17) is 11.5 Å². The molecule has 182 valence electrons. The first-order valence-electron chi connectivity index (χ1n) is 10.5. The Labute approximate surface area is 186 Å². The summed E-state index contributed by atoms with van der Waals surface area (Å²) in [5, 5.41) is 27.0. The summed E-state index contributed by atoms with van der Waals surface area (Å²) in [6.45, 7) is 0.801. The number of hydrogen-bond donors (Lipinski definition) is 7. The van der Waals surface area contributed by atoms with E-state index in [1.165, 1.54) is 14.0 Å². The van der Waals surface area contributed by atoms with E-state index >= 15 is 0 Å². The topological polar surface area (TPSA) is 217 Å². The fourth-order valence-electron chi connectivity index (χ4n) is 3.33. The zero-order valence-corrected chi connectivity index (χ0v) is 18.4. The molecular weight excluding hydrogens is 424 g/mol. The Balaban J connectivity index is 3.13. The van der Waals surface area contributed by atoms with Crippen molar-refractivity contribution in [2.24, 2.45) is 11.5 Å². The number of primary amides is 1. The van der Waals surface area contributed by atoms with Crippen LogP contribution in [0.15, 0.2) is 0 Å². The van der Waals surface area contributed by atoms with Crippen LogP contribution in [0.2, 0.25) is 0 Å². The van der Waals surface area contributed by atoms with Gasteiger partial charge in [0.2, 0.25) is 29.5 Å². The summed E-state index contributed by atoms with van der Waals surface area (Å²) in [6, 6.07) is -5.00. The molecule has 32 heavy (non-hydrogen) atoms. The van der Waals surface area contributed by atoms with E-state index in [1.807, 2.05) is 0 Å². The van der Waals surface area contributed by atoms with Crippen LogP contribution in [0, 0.1) is 0 Å². The first kappa shape index (κ1) is 27.3. The molecule has 0 aromatic heterocycles. The van der Waals surface area contributed by atoms with Gasteiger partial charge in [0.25, 0.3) is 0 Å². The number of amides is 5. The molecular formula is C19H34N6O7. The van der Waals surface area contributed by atoms with Gasteiger partial charge in [-0.2, -0.15) is 0 Å². The Morgan fingerprint density at radius 1 is 1.16 bits per heavy atom. The zero-order chi connectivity index (χ0) is 24.4. The third-order valence-corrected chi connectivity index (χ3v) is 5.21. The molecule has 1 aliphatic heterocycles. The van der Waals surface area contributed by atoms with Gasteiger partial charge in [0.05, 0.1) is 18.8 Å². The summed E-state index contributed by atoms with van der Waals surface area (Å²) in [5.74, 6) is -3.55. The predicted molar refractivity (Wildman–Crippen MR) is 112 cm³/mol. The molecule has 0 spiro atoms. The molecule has 1 aliphatic rings. The van der Waals surface area contributed by atoms with Crippen LogP contribution in [0.5, 0.6) is 0 Å². The first-order chi connectivity index (χ1) is 15.0. The van der Waals surface area contributed by atoms with E-state index < -0.39 is 60.5 Å². The fraction of sp³-hybridized carbons (Fsp3) is 0.737. The molecule has 13 nitrogen and oxygen atoms in total. The summed E-state index contributed by atoms with van der Waals surface area (Å²) in [7, 11) is 1.26. The molecule has 1 rings (SSSR count). The van der Waals surface area contributed by atoms with E-state index in [9.17, 15) is 34.2 Å². The van der Waals surface area contributed by atoms with Crippen LogP contribution in [0.3, 0.4) is 0 Å². The minimum atomic E-state index is -1.44. The van der Waals surface area contributed by atoms with Gasteiger partial charge in [-0.05, 0) is 32.6 Å². The highest BCUT2D eigenvalue weighted by molar-refractivity contribution is 5.95. The number of nitrogens with zero attached hydrogens (tertiary/aromatic N) is 1. The molecule has 1 fully saturated rings. The maximum atomic E-state index is 12.7. The van der Waals surface area contributed by atoms with Crippen molar-refractivity contribution in [3.8, 4) is 0 Å². The predicted octanol–water partition coefficient (Wildman–Crippen LogP) is -3.95. The van der Waals surface area contributed by atoms with Crippen LogP contribution >= 0.6 is 0 Å². The fourth-order valence-corrected chi connectivity index (χ4v) is 3.33. The third-order valence-electron chi connectivity index (χ3n) is 5.21. The van der Waals surface area contributed by atoms with Crippen LogP contribution in [0.25, 0.3) is 0 Å². The SMILES string of the molecule is CC(O)C1C(=O)NC(CO)C(=O)NC(C(N)=O)CCCCNC(=O)CCC(N)C(=O)N1C. The van der Waals surface area contributed by atoms with Gasteiger partial charge >= 0.3 is 0 Å². The Morgan fingerprint density at radius 3 is 2.38 bits per heavy atom. The quantitative estimate of drug-likeness (QED) is 0.221. The van der Waals surface area contributed by atoms with Gasteiger partial charge < -0.3 is 42.5 Å². The van der Waals surface area contributed by atoms with Crippen molar-refractivity contribution in [3.63, 3.8) is 0 Å². The van der Waals surface area contributed by atoms with E-state index in [1.54, 1.807) is 0 Å². The van der Waals surface area contributed by atoms with Gasteiger partial charge in [-0.15, -0.1) is 0 Å². The number of nitrogens with two attached hydrogens (primary N) is 2. The number of likely N-dealkylation sites (N-methyl/N-ethyl adjacent to an activating group) is 1. The summed E-state index contributed by atoms with van der Waals surface area (Å²) < 4.78 is 0. The monoisotopic (exact) mass is 458 g/mol. The first-order valence-corrected chi connectivity index (χ1v) is 10.5. The third kappa shape index (κ3) is 8.05. The van der Waals surface area contributed by atoms with Crippen LogP contribution in [0.4, 0.5) is 0 Å². The molecule has 5 unspecified atom stereocenters. The molecule has 0 aliphatic carbocycles. The Morgan fingerprint density at radius 2 is 1.81 bits per heavy atom. The molecule has 0 bridgehead atoms. The molecule has 5 amide bonds. The minimum Gasteiger partial charge on any atom is -0.394 e. The average molecular weight is 459 g/mol. The highest BCUT2D eigenvalue weighted by Gasteiger charge is 2.35. The smallest absolute Gasteiger partial charge is 0.246 e. The van der Waals surface area contributed by atoms with Crippen molar-refractivity contribution >= 4 is 29.5 Å². The zero-order valence-electron chi connectivity index (χ0n) is 18.4. The molecule has 1 saturated heterocycles. The van der Waals surface area contributed by atoms with E-state index in [-0.39, 0.29) is 25.2 Å². The summed E-state index contributed by atoms with van der Waals surface area (Å²) in [5.41, 5.74) is 11.2. The molecule has 0 saturated carbocycles. The molecule has 13 heteroatoms. The molecule has 1 heterocycles. The Kier molecular flexibility index (Phi) is 11.0. The van der Waals surface area contributed by atoms with Gasteiger partial charge in [0.1, 0.15) is 18.1 Å². The van der Waals surface area contributed by atoms with Gasteiger partial charge in [-0.25, -0.2) is 0 Å². The number of carbonyl (C=O) groups excluding carboxylic acids is 5. The second-order valence-corrected chi connectivity index (χ2v) is 7.83. The number of carbonyl (C=O) groups is 5. The highest BCUT2D eigenvalue weighted by Crippen LogP contribution is 2.09. The van der Waals surface area contributed by atoms with Crippen molar-refractivity contribution in [1.82, 2.24) is 20.9 Å². The molecule has 0 aromatic carbocycles. The van der Waals surface area contributed by atoms with Gasteiger partial charge in [-0.3, -0.25) is 24.0 Å². The van der Waals surface area contributed by atoms with Crippen LogP contribution in [-0.4, -0.2) is 95.1 Å². The van der Waals surface area contributed by atoms with Crippen molar-refractivity contribution in [2.75, 3.05) is 20.2 Å². The second kappa shape index (κ2) is 12.9. The standard InChI is InChI=1S/C19H34N6O7/c1-10(27)15-18(31)24-13(9-26)17(30)23-12(16(21)29)5-3-4-8-22-14(28)7-6-11(20)19(32)25(15)2/h10-13,15,26-27H,3-9,20H2,1-2H3,(H2,21,29)(H,22,28)(H,23,30)(H,24,31). The maximum Gasteiger partial charge on any atom is 0.246 e. The van der Waals surface area contributed by atoms with Crippen molar-refractivity contribution in [3.05, 3.63) is 0 Å². The van der Waals surface area contributed by atoms with E-state index in [0.29, 0.717) is 19.4 Å². The van der Waals surface area contributed by atoms with Crippen molar-refractivity contribution in [2.45, 2.75) is 69.3 Å². The number of rotatable bonds is 3. The number of nitrogens with one attached hydrogen (secondary N) is 3. The lowest BCUT2D eigenvalue weighted by atomic mass is 10.1. The maximum absolute atomic E-state index is 12.7. The largest absolute Gasteiger partial charge is 0.394 e. The number of aliphatic hydroxyl groups excluding tert-OH is 2.